The molecule has 0 fully saturated rings. The Labute approximate surface area is 106 Å². The first kappa shape index (κ1) is 16.6. The van der Waals surface area contributed by atoms with Crippen molar-refractivity contribution in [3.8, 4) is 0 Å². The highest BCUT2D eigenvalue weighted by molar-refractivity contribution is 5.73. The first-order valence-electron chi connectivity index (χ1n) is 5.85. The van der Waals surface area contributed by atoms with E-state index in [9.17, 15) is 14.4 Å². The quantitative estimate of drug-likeness (QED) is 0.507. The smallest absolute Gasteiger partial charge is 0.309 e. The summed E-state index contributed by atoms with van der Waals surface area (Å²) in [6.45, 7) is 4.64. The average Bonchev–Trinajstić information content (AvgIpc) is 2.14. The zero-order chi connectivity index (χ0) is 14.1. The maximum absolute atomic E-state index is 11.4. The number of aliphatic hydroxyl groups excluding tert-OH is 1. The van der Waals surface area contributed by atoms with Crippen molar-refractivity contribution in [2.24, 2.45) is 0 Å². The SMILES string of the molecule is CC(O)CC(=O)OC(C)CC(=O)OC(C)CC=O. The van der Waals surface area contributed by atoms with Gasteiger partial charge in [-0.1, -0.05) is 0 Å². The number of hydrogen-bond donors (Lipinski definition) is 1. The minimum Gasteiger partial charge on any atom is -0.462 e. The summed E-state index contributed by atoms with van der Waals surface area (Å²) in [5, 5.41) is 8.97. The van der Waals surface area contributed by atoms with E-state index in [1.54, 1.807) is 13.8 Å². The van der Waals surface area contributed by atoms with Gasteiger partial charge in [-0.15, -0.1) is 0 Å². The third kappa shape index (κ3) is 8.69. The molecule has 0 aromatic carbocycles. The molecule has 104 valence electrons. The normalized spacial score (nSPS) is 15.3. The zero-order valence-electron chi connectivity index (χ0n) is 10.9. The molecule has 0 saturated heterocycles. The van der Waals surface area contributed by atoms with Crippen LogP contribution in [0.25, 0.3) is 0 Å². The molecule has 0 aliphatic rings. The van der Waals surface area contributed by atoms with Gasteiger partial charge in [0.2, 0.25) is 0 Å². The molecule has 6 heteroatoms. The molecule has 3 atom stereocenters. The molecule has 3 unspecified atom stereocenters. The third-order valence-electron chi connectivity index (χ3n) is 2.01. The molecule has 0 radical (unpaired) electrons. The number of rotatable bonds is 8. The number of ether oxygens (including phenoxy) is 2. The Bertz CT molecular complexity index is 286. The van der Waals surface area contributed by atoms with Gasteiger partial charge >= 0.3 is 11.9 Å². The van der Waals surface area contributed by atoms with Gasteiger partial charge in [-0.3, -0.25) is 9.59 Å². The van der Waals surface area contributed by atoms with Crippen LogP contribution in [0.4, 0.5) is 0 Å². The fourth-order valence-corrected chi connectivity index (χ4v) is 1.25. The summed E-state index contributed by atoms with van der Waals surface area (Å²) in [6, 6.07) is 0. The van der Waals surface area contributed by atoms with Crippen molar-refractivity contribution in [2.75, 3.05) is 0 Å². The lowest BCUT2D eigenvalue weighted by Gasteiger charge is -2.15. The Balaban J connectivity index is 3.93. The summed E-state index contributed by atoms with van der Waals surface area (Å²) in [5.41, 5.74) is 0. The van der Waals surface area contributed by atoms with Crippen LogP contribution in [-0.4, -0.2) is 41.6 Å². The molecule has 1 N–H and O–H groups in total. The van der Waals surface area contributed by atoms with Crippen molar-refractivity contribution in [1.29, 1.82) is 0 Å². The zero-order valence-corrected chi connectivity index (χ0v) is 10.9. The second-order valence-electron chi connectivity index (χ2n) is 4.26. The van der Waals surface area contributed by atoms with Crippen molar-refractivity contribution in [2.45, 2.75) is 58.3 Å². The molecule has 0 aliphatic carbocycles. The minimum absolute atomic E-state index is 0.0747. The standard InChI is InChI=1S/C12H20O6/c1-8(14)6-11(15)18-10(3)7-12(16)17-9(2)4-5-13/h5,8-10,14H,4,6-7H2,1-3H3. The number of esters is 2. The Kier molecular flexibility index (Phi) is 7.94. The second-order valence-corrected chi connectivity index (χ2v) is 4.26. The van der Waals surface area contributed by atoms with Crippen LogP contribution in [0, 0.1) is 0 Å². The van der Waals surface area contributed by atoms with Crippen LogP contribution in [0.1, 0.15) is 40.0 Å². The van der Waals surface area contributed by atoms with Gasteiger partial charge in [0, 0.05) is 6.42 Å². The van der Waals surface area contributed by atoms with E-state index < -0.39 is 30.3 Å². The number of aldehydes is 1. The van der Waals surface area contributed by atoms with Gasteiger partial charge in [-0.05, 0) is 20.8 Å². The van der Waals surface area contributed by atoms with Gasteiger partial charge in [0.15, 0.2) is 0 Å². The Morgan fingerprint density at radius 2 is 1.56 bits per heavy atom. The van der Waals surface area contributed by atoms with Crippen LogP contribution in [0.3, 0.4) is 0 Å². The molecule has 0 amide bonds. The van der Waals surface area contributed by atoms with E-state index in [1.807, 2.05) is 0 Å². The molecule has 0 aromatic rings. The molecular weight excluding hydrogens is 240 g/mol. The van der Waals surface area contributed by atoms with Gasteiger partial charge in [0.1, 0.15) is 18.5 Å². The lowest BCUT2D eigenvalue weighted by Crippen LogP contribution is -2.24. The molecule has 6 nitrogen and oxygen atoms in total. The van der Waals surface area contributed by atoms with Crippen molar-refractivity contribution in [1.82, 2.24) is 0 Å². The highest BCUT2D eigenvalue weighted by atomic mass is 16.6. The van der Waals surface area contributed by atoms with E-state index in [2.05, 4.69) is 0 Å². The fourth-order valence-electron chi connectivity index (χ4n) is 1.25. The maximum Gasteiger partial charge on any atom is 0.309 e. The van der Waals surface area contributed by atoms with Crippen LogP contribution in [0.5, 0.6) is 0 Å². The molecule has 0 saturated carbocycles. The molecule has 0 aliphatic heterocycles. The molecule has 0 heterocycles. The average molecular weight is 260 g/mol. The van der Waals surface area contributed by atoms with Crippen LogP contribution in [0.15, 0.2) is 0 Å². The molecule has 0 bridgehead atoms. The van der Waals surface area contributed by atoms with Gasteiger partial charge in [-0.2, -0.15) is 0 Å². The van der Waals surface area contributed by atoms with E-state index in [1.165, 1.54) is 6.92 Å². The van der Waals surface area contributed by atoms with Gasteiger partial charge < -0.3 is 19.4 Å². The molecular formula is C12H20O6. The Morgan fingerprint density at radius 1 is 1.06 bits per heavy atom. The van der Waals surface area contributed by atoms with E-state index in [-0.39, 0.29) is 19.3 Å². The maximum atomic E-state index is 11.4. The molecule has 0 aromatic heterocycles. The first-order chi connectivity index (χ1) is 8.35. The lowest BCUT2D eigenvalue weighted by molar-refractivity contribution is -0.157. The van der Waals surface area contributed by atoms with E-state index in [4.69, 9.17) is 14.6 Å². The van der Waals surface area contributed by atoms with Crippen LogP contribution in [-0.2, 0) is 23.9 Å². The summed E-state index contributed by atoms with van der Waals surface area (Å²) in [4.78, 5) is 32.7. The second kappa shape index (κ2) is 8.63. The topological polar surface area (TPSA) is 89.9 Å². The minimum atomic E-state index is -0.774. The third-order valence-corrected chi connectivity index (χ3v) is 2.01. The van der Waals surface area contributed by atoms with Crippen molar-refractivity contribution in [3.05, 3.63) is 0 Å². The molecule has 18 heavy (non-hydrogen) atoms. The van der Waals surface area contributed by atoms with Crippen LogP contribution in [0.2, 0.25) is 0 Å². The summed E-state index contributed by atoms with van der Waals surface area (Å²) < 4.78 is 9.82. The highest BCUT2D eigenvalue weighted by Crippen LogP contribution is 2.05. The van der Waals surface area contributed by atoms with E-state index in [0.29, 0.717) is 6.29 Å². The van der Waals surface area contributed by atoms with E-state index >= 15 is 0 Å². The summed E-state index contributed by atoms with van der Waals surface area (Å²) in [5.74, 6) is -1.09. The van der Waals surface area contributed by atoms with Gasteiger partial charge in [0.25, 0.3) is 0 Å². The highest BCUT2D eigenvalue weighted by Gasteiger charge is 2.17. The van der Waals surface area contributed by atoms with Gasteiger partial charge in [-0.25, -0.2) is 0 Å². The fraction of sp³-hybridized carbons (Fsp3) is 0.750. The summed E-state index contributed by atoms with van der Waals surface area (Å²) in [6.07, 6.45) is -1.24. The predicted octanol–water partition coefficient (Wildman–Crippen LogP) is 0.600. The molecule has 0 spiro atoms. The molecule has 0 rings (SSSR count). The van der Waals surface area contributed by atoms with E-state index in [0.717, 1.165) is 0 Å². The summed E-state index contributed by atoms with van der Waals surface area (Å²) >= 11 is 0. The predicted molar refractivity (Wildman–Crippen MR) is 62.7 cm³/mol. The van der Waals surface area contributed by atoms with Crippen molar-refractivity contribution >= 4 is 18.2 Å². The number of aliphatic hydroxyl groups is 1. The number of carbonyl (C=O) groups is 3. The van der Waals surface area contributed by atoms with Gasteiger partial charge in [0.05, 0.1) is 18.9 Å². The number of hydrogen-bond acceptors (Lipinski definition) is 6. The van der Waals surface area contributed by atoms with Crippen LogP contribution < -0.4 is 0 Å². The Morgan fingerprint density at radius 3 is 2.06 bits per heavy atom. The summed E-state index contributed by atoms with van der Waals surface area (Å²) in [7, 11) is 0. The van der Waals surface area contributed by atoms with Crippen LogP contribution >= 0.6 is 0 Å². The van der Waals surface area contributed by atoms with Crippen molar-refractivity contribution < 1.29 is 29.0 Å². The lowest BCUT2D eigenvalue weighted by atomic mass is 10.2. The number of carbonyl (C=O) groups excluding carboxylic acids is 3. The monoisotopic (exact) mass is 260 g/mol. The largest absolute Gasteiger partial charge is 0.462 e. The Hall–Kier alpha value is -1.43. The van der Waals surface area contributed by atoms with Crippen molar-refractivity contribution in [3.63, 3.8) is 0 Å². The first-order valence-corrected chi connectivity index (χ1v) is 5.85.